The van der Waals surface area contributed by atoms with E-state index in [1.807, 2.05) is 31.2 Å². The molecule has 1 rings (SSSR count). The standard InChI is InChI=1S/C11H16ClNOS/c1-2-9(13)11(7-14)15-10-6-4-3-5-8(10)12/h3-6,9,11,14H,2,7,13H2,1H3. The monoisotopic (exact) mass is 245 g/mol. The SMILES string of the molecule is CCC(N)C(CO)Sc1ccccc1Cl. The maximum atomic E-state index is 9.24. The molecule has 0 aromatic heterocycles. The highest BCUT2D eigenvalue weighted by atomic mass is 35.5. The van der Waals surface area contributed by atoms with Crippen molar-refractivity contribution in [1.29, 1.82) is 0 Å². The van der Waals surface area contributed by atoms with Gasteiger partial charge in [0, 0.05) is 16.2 Å². The smallest absolute Gasteiger partial charge is 0.0568 e. The van der Waals surface area contributed by atoms with Crippen LogP contribution in [0, 0.1) is 0 Å². The second kappa shape index (κ2) is 6.38. The van der Waals surface area contributed by atoms with Gasteiger partial charge in [0.15, 0.2) is 0 Å². The van der Waals surface area contributed by atoms with Gasteiger partial charge in [-0.25, -0.2) is 0 Å². The topological polar surface area (TPSA) is 46.2 Å². The second-order valence-corrected chi connectivity index (χ2v) is 5.03. The zero-order valence-electron chi connectivity index (χ0n) is 8.69. The molecule has 1 aromatic carbocycles. The van der Waals surface area contributed by atoms with E-state index in [1.54, 1.807) is 11.8 Å². The highest BCUT2D eigenvalue weighted by molar-refractivity contribution is 8.00. The molecule has 2 atom stereocenters. The molecule has 2 unspecified atom stereocenters. The summed E-state index contributed by atoms with van der Waals surface area (Å²) in [6, 6.07) is 7.60. The van der Waals surface area contributed by atoms with Crippen molar-refractivity contribution < 1.29 is 5.11 Å². The van der Waals surface area contributed by atoms with Gasteiger partial charge >= 0.3 is 0 Å². The molecule has 0 saturated carbocycles. The van der Waals surface area contributed by atoms with Crippen molar-refractivity contribution in [3.63, 3.8) is 0 Å². The van der Waals surface area contributed by atoms with Crippen LogP contribution in [0.2, 0.25) is 5.02 Å². The van der Waals surface area contributed by atoms with Gasteiger partial charge in [-0.05, 0) is 18.6 Å². The molecule has 4 heteroatoms. The Morgan fingerprint density at radius 1 is 1.47 bits per heavy atom. The highest BCUT2D eigenvalue weighted by Crippen LogP contribution is 2.31. The lowest BCUT2D eigenvalue weighted by Crippen LogP contribution is -2.34. The first kappa shape index (κ1) is 12.8. The van der Waals surface area contributed by atoms with E-state index in [9.17, 15) is 5.11 Å². The fourth-order valence-corrected chi connectivity index (χ4v) is 2.60. The molecule has 0 amide bonds. The summed E-state index contributed by atoms with van der Waals surface area (Å²) in [6.07, 6.45) is 0.850. The van der Waals surface area contributed by atoms with Crippen molar-refractivity contribution in [3.05, 3.63) is 29.3 Å². The third kappa shape index (κ3) is 3.68. The lowest BCUT2D eigenvalue weighted by Gasteiger charge is -2.20. The van der Waals surface area contributed by atoms with E-state index in [1.165, 1.54) is 0 Å². The Kier molecular flexibility index (Phi) is 5.47. The van der Waals surface area contributed by atoms with Crippen LogP contribution in [0.3, 0.4) is 0 Å². The molecule has 0 heterocycles. The predicted molar refractivity (Wildman–Crippen MR) is 66.4 cm³/mol. The van der Waals surface area contributed by atoms with Crippen molar-refractivity contribution in [2.24, 2.45) is 5.73 Å². The summed E-state index contributed by atoms with van der Waals surface area (Å²) in [5, 5.41) is 9.96. The molecular weight excluding hydrogens is 230 g/mol. The maximum absolute atomic E-state index is 9.24. The molecule has 0 bridgehead atoms. The van der Waals surface area contributed by atoms with Crippen LogP contribution >= 0.6 is 23.4 Å². The molecule has 3 N–H and O–H groups in total. The van der Waals surface area contributed by atoms with Crippen molar-refractivity contribution >= 4 is 23.4 Å². The van der Waals surface area contributed by atoms with E-state index >= 15 is 0 Å². The van der Waals surface area contributed by atoms with E-state index in [0.717, 1.165) is 11.3 Å². The van der Waals surface area contributed by atoms with Crippen LogP contribution in [0.15, 0.2) is 29.2 Å². The van der Waals surface area contributed by atoms with Gasteiger partial charge < -0.3 is 10.8 Å². The zero-order chi connectivity index (χ0) is 11.3. The summed E-state index contributed by atoms with van der Waals surface area (Å²) < 4.78 is 0. The number of benzene rings is 1. The number of rotatable bonds is 5. The summed E-state index contributed by atoms with van der Waals surface area (Å²) in [6.45, 7) is 2.09. The summed E-state index contributed by atoms with van der Waals surface area (Å²) in [5.74, 6) is 0. The largest absolute Gasteiger partial charge is 0.395 e. The minimum Gasteiger partial charge on any atom is -0.395 e. The first-order valence-electron chi connectivity index (χ1n) is 4.96. The van der Waals surface area contributed by atoms with Gasteiger partial charge in [-0.3, -0.25) is 0 Å². The molecule has 0 saturated heterocycles. The van der Waals surface area contributed by atoms with Crippen LogP contribution in [-0.2, 0) is 0 Å². The molecule has 0 aliphatic heterocycles. The van der Waals surface area contributed by atoms with Crippen molar-refractivity contribution in [1.82, 2.24) is 0 Å². The van der Waals surface area contributed by atoms with Gasteiger partial charge in [-0.1, -0.05) is 30.7 Å². The average molecular weight is 246 g/mol. The van der Waals surface area contributed by atoms with E-state index in [2.05, 4.69) is 0 Å². The molecule has 0 aliphatic rings. The van der Waals surface area contributed by atoms with E-state index in [0.29, 0.717) is 5.02 Å². The molecule has 15 heavy (non-hydrogen) atoms. The van der Waals surface area contributed by atoms with E-state index in [-0.39, 0.29) is 17.9 Å². The average Bonchev–Trinajstić information content (AvgIpc) is 2.27. The number of aliphatic hydroxyl groups excluding tert-OH is 1. The first-order valence-corrected chi connectivity index (χ1v) is 6.22. The van der Waals surface area contributed by atoms with Crippen molar-refractivity contribution in [2.45, 2.75) is 29.5 Å². The molecule has 0 radical (unpaired) electrons. The van der Waals surface area contributed by atoms with Crippen LogP contribution in [0.1, 0.15) is 13.3 Å². The number of halogens is 1. The van der Waals surface area contributed by atoms with Crippen molar-refractivity contribution in [3.8, 4) is 0 Å². The Bertz CT molecular complexity index is 308. The van der Waals surface area contributed by atoms with Gasteiger partial charge in [0.1, 0.15) is 0 Å². The minimum absolute atomic E-state index is 0.00345. The molecular formula is C11H16ClNOS. The van der Waals surface area contributed by atoms with Crippen LogP contribution in [0.4, 0.5) is 0 Å². The Morgan fingerprint density at radius 2 is 2.13 bits per heavy atom. The van der Waals surface area contributed by atoms with Gasteiger partial charge in [0.05, 0.1) is 11.6 Å². The number of hydrogen-bond acceptors (Lipinski definition) is 3. The first-order chi connectivity index (χ1) is 7.19. The number of nitrogens with two attached hydrogens (primary N) is 1. The Hall–Kier alpha value is -0.220. The fourth-order valence-electron chi connectivity index (χ4n) is 1.23. The van der Waals surface area contributed by atoms with Gasteiger partial charge in [-0.2, -0.15) is 0 Å². The number of hydrogen-bond donors (Lipinski definition) is 2. The predicted octanol–water partition coefficient (Wildman–Crippen LogP) is 2.53. The van der Waals surface area contributed by atoms with Gasteiger partial charge in [-0.15, -0.1) is 11.8 Å². The minimum atomic E-state index is -0.00345. The Labute approximate surface area is 99.8 Å². The molecule has 0 aliphatic carbocycles. The molecule has 0 spiro atoms. The Morgan fingerprint density at radius 3 is 2.67 bits per heavy atom. The summed E-state index contributed by atoms with van der Waals surface area (Å²) in [5.41, 5.74) is 5.90. The molecule has 1 aromatic rings. The summed E-state index contributed by atoms with van der Waals surface area (Å²) >= 11 is 7.57. The normalized spacial score (nSPS) is 14.9. The second-order valence-electron chi connectivity index (χ2n) is 3.34. The van der Waals surface area contributed by atoms with E-state index < -0.39 is 0 Å². The summed E-state index contributed by atoms with van der Waals surface area (Å²) in [7, 11) is 0. The Balaban J connectivity index is 2.71. The van der Waals surface area contributed by atoms with Crippen molar-refractivity contribution in [2.75, 3.05) is 6.61 Å². The fraction of sp³-hybridized carbons (Fsp3) is 0.455. The van der Waals surface area contributed by atoms with Crippen LogP contribution < -0.4 is 5.73 Å². The molecule has 84 valence electrons. The number of thioether (sulfide) groups is 1. The maximum Gasteiger partial charge on any atom is 0.0568 e. The van der Waals surface area contributed by atoms with Crippen LogP contribution in [0.5, 0.6) is 0 Å². The summed E-state index contributed by atoms with van der Waals surface area (Å²) in [4.78, 5) is 0.974. The number of aliphatic hydroxyl groups is 1. The molecule has 0 fully saturated rings. The lowest BCUT2D eigenvalue weighted by molar-refractivity contribution is 0.281. The lowest BCUT2D eigenvalue weighted by atomic mass is 10.2. The van der Waals surface area contributed by atoms with Gasteiger partial charge in [0.25, 0.3) is 0 Å². The van der Waals surface area contributed by atoms with Crippen LogP contribution in [-0.4, -0.2) is 23.0 Å². The third-order valence-corrected chi connectivity index (χ3v) is 4.10. The molecule has 2 nitrogen and oxygen atoms in total. The third-order valence-electron chi connectivity index (χ3n) is 2.24. The highest BCUT2D eigenvalue weighted by Gasteiger charge is 2.17. The van der Waals surface area contributed by atoms with Gasteiger partial charge in [0.2, 0.25) is 0 Å². The zero-order valence-corrected chi connectivity index (χ0v) is 10.3. The van der Waals surface area contributed by atoms with Crippen LogP contribution in [0.25, 0.3) is 0 Å². The quantitative estimate of drug-likeness (QED) is 0.784. The van der Waals surface area contributed by atoms with E-state index in [4.69, 9.17) is 17.3 Å².